The third kappa shape index (κ3) is 5.37. The van der Waals surface area contributed by atoms with E-state index in [2.05, 4.69) is 6.92 Å². The minimum absolute atomic E-state index is 0.0402. The number of carbonyl (C=O) groups excluding carboxylic acids is 2. The van der Waals surface area contributed by atoms with E-state index in [-0.39, 0.29) is 11.8 Å². The summed E-state index contributed by atoms with van der Waals surface area (Å²) in [5.41, 5.74) is 4.35. The van der Waals surface area contributed by atoms with E-state index in [9.17, 15) is 9.59 Å². The summed E-state index contributed by atoms with van der Waals surface area (Å²) < 4.78 is 12.4. The summed E-state index contributed by atoms with van der Waals surface area (Å²) in [6.45, 7) is 3.01. The molecule has 198 valence electrons. The quantitative estimate of drug-likeness (QED) is 0.249. The molecule has 7 nitrogen and oxygen atoms in total. The van der Waals surface area contributed by atoms with Crippen molar-refractivity contribution in [3.8, 4) is 21.7 Å². The van der Waals surface area contributed by atoms with Crippen LogP contribution in [0.15, 0.2) is 60.9 Å². The molecule has 3 aromatic heterocycles. The highest BCUT2D eigenvalue weighted by Gasteiger charge is 2.32. The molecule has 1 amide bonds. The maximum absolute atomic E-state index is 13.7. The standard InChI is InChI=1S/C30H33N3O4S/c1-20-7-9-23(10-8-20)29(34)33(16-17-36-2)25-18-26(38-28(25)30(35)37-3)22-13-11-21(12-14-22)24-19-32-15-5-4-6-27(32)31-24/h4-6,11-15,18-20,23H,7-10,16-17H2,1-3H3. The molecule has 1 fully saturated rings. The van der Waals surface area contributed by atoms with Crippen LogP contribution in [-0.4, -0.2) is 48.6 Å². The first-order valence-electron chi connectivity index (χ1n) is 13.1. The second kappa shape index (κ2) is 11.5. The van der Waals surface area contributed by atoms with E-state index >= 15 is 0 Å². The van der Waals surface area contributed by atoms with Crippen LogP contribution in [0.2, 0.25) is 0 Å². The monoisotopic (exact) mass is 531 g/mol. The van der Waals surface area contributed by atoms with Crippen molar-refractivity contribution < 1.29 is 19.1 Å². The number of ether oxygens (including phenoxy) is 2. The van der Waals surface area contributed by atoms with Crippen LogP contribution in [-0.2, 0) is 14.3 Å². The Hall–Kier alpha value is -3.49. The van der Waals surface area contributed by atoms with Crippen molar-refractivity contribution in [1.82, 2.24) is 9.38 Å². The average molecular weight is 532 g/mol. The van der Waals surface area contributed by atoms with Crippen molar-refractivity contribution in [2.45, 2.75) is 32.6 Å². The predicted octanol–water partition coefficient (Wildman–Crippen LogP) is 6.32. The first-order chi connectivity index (χ1) is 18.5. The Bertz CT molecular complexity index is 1380. The molecule has 0 unspecified atom stereocenters. The molecule has 0 saturated heterocycles. The van der Waals surface area contributed by atoms with Crippen molar-refractivity contribution in [3.63, 3.8) is 0 Å². The summed E-state index contributed by atoms with van der Waals surface area (Å²) in [4.78, 5) is 34.3. The summed E-state index contributed by atoms with van der Waals surface area (Å²) in [5.74, 6) is 0.228. The summed E-state index contributed by atoms with van der Waals surface area (Å²) in [5, 5.41) is 0. The number of benzene rings is 1. The predicted molar refractivity (Wildman–Crippen MR) is 151 cm³/mol. The van der Waals surface area contributed by atoms with Gasteiger partial charge < -0.3 is 18.8 Å². The zero-order valence-corrected chi connectivity index (χ0v) is 22.9. The summed E-state index contributed by atoms with van der Waals surface area (Å²) in [6.07, 6.45) is 7.83. The number of anilines is 1. The van der Waals surface area contributed by atoms with Gasteiger partial charge in [-0.15, -0.1) is 11.3 Å². The highest BCUT2D eigenvalue weighted by Crippen LogP contribution is 2.40. The van der Waals surface area contributed by atoms with Crippen LogP contribution in [0.5, 0.6) is 0 Å². The Balaban J connectivity index is 1.47. The highest BCUT2D eigenvalue weighted by molar-refractivity contribution is 7.18. The molecule has 8 heteroatoms. The fourth-order valence-corrected chi connectivity index (χ4v) is 6.19. The lowest BCUT2D eigenvalue weighted by molar-refractivity contribution is -0.123. The number of esters is 1. The summed E-state index contributed by atoms with van der Waals surface area (Å²) in [6, 6.07) is 16.0. The van der Waals surface area contributed by atoms with Gasteiger partial charge in [0.15, 0.2) is 0 Å². The first-order valence-corrected chi connectivity index (χ1v) is 13.9. The van der Waals surface area contributed by atoms with E-state index in [1.807, 2.05) is 65.3 Å². The molecular weight excluding hydrogens is 498 g/mol. The van der Waals surface area contributed by atoms with Gasteiger partial charge in [0.2, 0.25) is 5.91 Å². The summed E-state index contributed by atoms with van der Waals surface area (Å²) in [7, 11) is 2.99. The van der Waals surface area contributed by atoms with Crippen LogP contribution in [0.1, 0.15) is 42.3 Å². The first kappa shape index (κ1) is 26.1. The Labute approximate surface area is 227 Å². The van der Waals surface area contributed by atoms with Gasteiger partial charge in [-0.1, -0.05) is 37.3 Å². The lowest BCUT2D eigenvalue weighted by atomic mass is 9.82. The minimum Gasteiger partial charge on any atom is -0.465 e. The number of carbonyl (C=O) groups is 2. The smallest absolute Gasteiger partial charge is 0.350 e. The van der Waals surface area contributed by atoms with Gasteiger partial charge in [-0.05, 0) is 55.4 Å². The number of hydrogen-bond donors (Lipinski definition) is 0. The molecule has 0 radical (unpaired) electrons. The Morgan fingerprint density at radius 1 is 1.05 bits per heavy atom. The van der Waals surface area contributed by atoms with Crippen molar-refractivity contribution in [3.05, 3.63) is 65.8 Å². The largest absolute Gasteiger partial charge is 0.465 e. The van der Waals surface area contributed by atoms with E-state index < -0.39 is 5.97 Å². The number of imidazole rings is 1. The van der Waals surface area contributed by atoms with Crippen LogP contribution >= 0.6 is 11.3 Å². The fourth-order valence-electron chi connectivity index (χ4n) is 5.10. The van der Waals surface area contributed by atoms with Crippen LogP contribution in [0, 0.1) is 11.8 Å². The third-order valence-electron chi connectivity index (χ3n) is 7.35. The Morgan fingerprint density at radius 3 is 2.47 bits per heavy atom. The van der Waals surface area contributed by atoms with Crippen molar-refractivity contribution in [2.24, 2.45) is 11.8 Å². The number of methoxy groups -OCH3 is 2. The lowest BCUT2D eigenvalue weighted by Gasteiger charge is -2.31. The molecule has 1 aliphatic carbocycles. The number of pyridine rings is 1. The highest BCUT2D eigenvalue weighted by atomic mass is 32.1. The molecule has 0 N–H and O–H groups in total. The second-order valence-electron chi connectivity index (χ2n) is 9.93. The normalized spacial score (nSPS) is 17.4. The molecule has 38 heavy (non-hydrogen) atoms. The zero-order chi connectivity index (χ0) is 26.6. The van der Waals surface area contributed by atoms with E-state index in [4.69, 9.17) is 14.5 Å². The molecule has 4 aromatic rings. The average Bonchev–Trinajstić information content (AvgIpc) is 3.58. The fraction of sp³-hybridized carbons (Fsp3) is 0.367. The number of thiophene rings is 1. The molecule has 0 bridgehead atoms. The van der Waals surface area contributed by atoms with Gasteiger partial charge in [-0.25, -0.2) is 9.78 Å². The number of hydrogen-bond acceptors (Lipinski definition) is 6. The molecule has 0 atom stereocenters. The molecule has 5 rings (SSSR count). The molecular formula is C30H33N3O4S. The number of rotatable bonds is 8. The SMILES string of the molecule is COCCN(C(=O)C1CCC(C)CC1)c1cc(-c2ccc(-c3cn4ccccc4n3)cc2)sc1C(=O)OC. The van der Waals surface area contributed by atoms with E-state index in [0.717, 1.165) is 53.0 Å². The molecule has 0 aliphatic heterocycles. The maximum Gasteiger partial charge on any atom is 0.350 e. The van der Waals surface area contributed by atoms with Crippen LogP contribution < -0.4 is 4.90 Å². The van der Waals surface area contributed by atoms with Crippen LogP contribution in [0.3, 0.4) is 0 Å². The van der Waals surface area contributed by atoms with Crippen molar-refractivity contribution in [1.29, 1.82) is 0 Å². The van der Waals surface area contributed by atoms with Gasteiger partial charge in [0.05, 0.1) is 25.1 Å². The van der Waals surface area contributed by atoms with Crippen molar-refractivity contribution >= 4 is 34.5 Å². The minimum atomic E-state index is -0.440. The van der Waals surface area contributed by atoms with E-state index in [1.165, 1.54) is 18.4 Å². The maximum atomic E-state index is 13.7. The number of nitrogens with zero attached hydrogens (tertiary/aromatic N) is 3. The molecule has 1 saturated carbocycles. The van der Waals surface area contributed by atoms with Crippen molar-refractivity contribution in [2.75, 3.05) is 32.3 Å². The van der Waals surface area contributed by atoms with Gasteiger partial charge in [0, 0.05) is 42.4 Å². The van der Waals surface area contributed by atoms with Crippen LogP contribution in [0.4, 0.5) is 5.69 Å². The van der Waals surface area contributed by atoms with Gasteiger partial charge in [0.1, 0.15) is 10.5 Å². The molecule has 3 heterocycles. The molecule has 0 spiro atoms. The zero-order valence-electron chi connectivity index (χ0n) is 22.1. The molecule has 1 aliphatic rings. The number of aromatic nitrogens is 2. The van der Waals surface area contributed by atoms with E-state index in [0.29, 0.717) is 29.6 Å². The van der Waals surface area contributed by atoms with Crippen LogP contribution in [0.25, 0.3) is 27.3 Å². The Morgan fingerprint density at radius 2 is 1.79 bits per heavy atom. The van der Waals surface area contributed by atoms with Gasteiger partial charge >= 0.3 is 5.97 Å². The van der Waals surface area contributed by atoms with Gasteiger partial charge in [-0.2, -0.15) is 0 Å². The number of amides is 1. The van der Waals surface area contributed by atoms with Gasteiger partial charge in [-0.3, -0.25) is 4.79 Å². The van der Waals surface area contributed by atoms with E-state index in [1.54, 1.807) is 12.0 Å². The Kier molecular flexibility index (Phi) is 7.90. The topological polar surface area (TPSA) is 73.1 Å². The third-order valence-corrected chi connectivity index (χ3v) is 8.51. The lowest BCUT2D eigenvalue weighted by Crippen LogP contribution is -2.40. The summed E-state index contributed by atoms with van der Waals surface area (Å²) >= 11 is 1.35. The molecule has 1 aromatic carbocycles. The second-order valence-corrected chi connectivity index (χ2v) is 11.0. The van der Waals surface area contributed by atoms with Gasteiger partial charge in [0.25, 0.3) is 0 Å². The number of fused-ring (bicyclic) bond motifs is 1.